The first-order valence-electron chi connectivity index (χ1n) is 11.8. The van der Waals surface area contributed by atoms with Crippen molar-refractivity contribution in [1.82, 2.24) is 15.2 Å². The van der Waals surface area contributed by atoms with Crippen molar-refractivity contribution < 1.29 is 18.4 Å². The average Bonchev–Trinajstić information content (AvgIpc) is 3.33. The summed E-state index contributed by atoms with van der Waals surface area (Å²) in [6.07, 6.45) is -0.238. The van der Waals surface area contributed by atoms with Gasteiger partial charge in [0.15, 0.2) is 0 Å². The fourth-order valence-corrected chi connectivity index (χ4v) is 6.24. The van der Waals surface area contributed by atoms with Gasteiger partial charge in [0.1, 0.15) is 6.04 Å². The lowest BCUT2D eigenvalue weighted by atomic mass is 9.77. The number of amides is 2. The van der Waals surface area contributed by atoms with E-state index in [2.05, 4.69) is 28.2 Å². The van der Waals surface area contributed by atoms with Crippen molar-refractivity contribution in [2.75, 3.05) is 29.6 Å². The molecule has 2 amide bonds. The Balaban J connectivity index is 1.53. The van der Waals surface area contributed by atoms with Crippen molar-refractivity contribution in [2.24, 2.45) is 11.8 Å². The summed E-state index contributed by atoms with van der Waals surface area (Å²) in [5.74, 6) is 0.502. The molecule has 0 radical (unpaired) electrons. The summed E-state index contributed by atoms with van der Waals surface area (Å²) in [4.78, 5) is 33.5. The molecule has 2 aliphatic rings. The largest absolute Gasteiger partial charge is 0.368 e. The Kier molecular flexibility index (Phi) is 7.75. The highest BCUT2D eigenvalue weighted by Gasteiger charge is 2.41. The Labute approximate surface area is 207 Å². The van der Waals surface area contributed by atoms with E-state index in [1.807, 2.05) is 25.1 Å². The van der Waals surface area contributed by atoms with Crippen LogP contribution in [0.15, 0.2) is 30.5 Å². The Morgan fingerprint density at radius 2 is 2.14 bits per heavy atom. The van der Waals surface area contributed by atoms with Gasteiger partial charge in [-0.1, -0.05) is 20.3 Å². The van der Waals surface area contributed by atoms with Crippen molar-refractivity contribution in [1.29, 1.82) is 5.26 Å². The first-order chi connectivity index (χ1) is 16.8. The van der Waals surface area contributed by atoms with E-state index in [0.717, 1.165) is 12.2 Å². The summed E-state index contributed by atoms with van der Waals surface area (Å²) in [6, 6.07) is 8.90. The van der Waals surface area contributed by atoms with Crippen LogP contribution in [-0.2, 0) is 4.79 Å². The molecule has 0 bridgehead atoms. The van der Waals surface area contributed by atoms with Gasteiger partial charge in [-0.05, 0) is 36.1 Å². The highest BCUT2D eigenvalue weighted by Crippen LogP contribution is 2.39. The number of rotatable bonds is 8. The quantitative estimate of drug-likeness (QED) is 0.590. The van der Waals surface area contributed by atoms with Gasteiger partial charge in [-0.2, -0.15) is 5.26 Å². The minimum atomic E-state index is -2.34. The minimum Gasteiger partial charge on any atom is -0.368 e. The third-order valence-corrected chi connectivity index (χ3v) is 7.98. The molecule has 0 aliphatic carbocycles. The lowest BCUT2D eigenvalue weighted by Crippen LogP contribution is -2.59. The number of nitrogens with one attached hydrogen (secondary N) is 1. The van der Waals surface area contributed by atoms with Crippen LogP contribution in [0.2, 0.25) is 0 Å². The van der Waals surface area contributed by atoms with E-state index in [1.54, 1.807) is 12.3 Å². The minimum absolute atomic E-state index is 0.0180. The number of halogens is 2. The maximum Gasteiger partial charge on any atom is 0.252 e. The third kappa shape index (κ3) is 5.20. The Morgan fingerprint density at radius 1 is 1.34 bits per heavy atom. The van der Waals surface area contributed by atoms with Crippen molar-refractivity contribution in [3.63, 3.8) is 0 Å². The number of hydrogen-bond acceptors (Lipinski definition) is 6. The van der Waals surface area contributed by atoms with Crippen molar-refractivity contribution in [3.8, 4) is 6.07 Å². The van der Waals surface area contributed by atoms with E-state index in [4.69, 9.17) is 0 Å². The van der Waals surface area contributed by atoms with Crippen LogP contribution in [0.5, 0.6) is 0 Å². The Morgan fingerprint density at radius 3 is 2.83 bits per heavy atom. The van der Waals surface area contributed by atoms with Gasteiger partial charge in [-0.25, -0.2) is 8.78 Å². The van der Waals surface area contributed by atoms with Gasteiger partial charge < -0.3 is 15.1 Å². The molecule has 7 nitrogen and oxygen atoms in total. The molecule has 2 aromatic rings. The number of alkyl halides is 2. The monoisotopic (exact) mass is 501 g/mol. The molecule has 186 valence electrons. The van der Waals surface area contributed by atoms with Crippen LogP contribution in [-0.4, -0.2) is 64.9 Å². The normalized spacial score (nSPS) is 22.7. The van der Waals surface area contributed by atoms with Crippen LogP contribution < -0.4 is 10.2 Å². The molecule has 3 heterocycles. The SMILES string of the molecule is CCC(CC(F)F)[C@@H]1C(C)CN1c1ccc2nccc(C(=O)NCC(=O)N3CSCC3C#N)c2c1. The molecule has 2 saturated heterocycles. The summed E-state index contributed by atoms with van der Waals surface area (Å²) < 4.78 is 26.3. The van der Waals surface area contributed by atoms with Gasteiger partial charge in [0.05, 0.1) is 29.6 Å². The predicted octanol–water partition coefficient (Wildman–Crippen LogP) is 3.90. The molecule has 3 unspecified atom stereocenters. The molecule has 4 rings (SSSR count). The molecule has 35 heavy (non-hydrogen) atoms. The fourth-order valence-electron chi connectivity index (χ4n) is 5.14. The number of carbonyl (C=O) groups excluding carboxylic acids is 2. The van der Waals surface area contributed by atoms with Crippen LogP contribution in [0.3, 0.4) is 0 Å². The lowest BCUT2D eigenvalue weighted by molar-refractivity contribution is -0.129. The predicted molar refractivity (Wildman–Crippen MR) is 132 cm³/mol. The number of anilines is 1. The topological polar surface area (TPSA) is 89.3 Å². The van der Waals surface area contributed by atoms with Crippen LogP contribution in [0.1, 0.15) is 37.0 Å². The molecule has 0 saturated carbocycles. The number of nitriles is 1. The zero-order chi connectivity index (χ0) is 25.1. The second-order valence-electron chi connectivity index (χ2n) is 9.17. The smallest absolute Gasteiger partial charge is 0.252 e. The number of aromatic nitrogens is 1. The molecule has 10 heteroatoms. The first kappa shape index (κ1) is 25.2. The molecule has 2 aliphatic heterocycles. The number of pyridine rings is 1. The van der Waals surface area contributed by atoms with E-state index in [9.17, 15) is 23.6 Å². The number of carbonyl (C=O) groups is 2. The van der Waals surface area contributed by atoms with Crippen LogP contribution in [0.25, 0.3) is 10.9 Å². The highest BCUT2D eigenvalue weighted by molar-refractivity contribution is 7.99. The zero-order valence-electron chi connectivity index (χ0n) is 19.8. The molecular weight excluding hydrogens is 472 g/mol. The van der Waals surface area contributed by atoms with Gasteiger partial charge in [-0.15, -0.1) is 11.8 Å². The van der Waals surface area contributed by atoms with E-state index in [1.165, 1.54) is 16.7 Å². The van der Waals surface area contributed by atoms with Crippen molar-refractivity contribution >= 4 is 40.2 Å². The van der Waals surface area contributed by atoms with Gasteiger partial charge in [-0.3, -0.25) is 14.6 Å². The highest BCUT2D eigenvalue weighted by atomic mass is 32.2. The molecule has 1 aromatic carbocycles. The third-order valence-electron chi connectivity index (χ3n) is 6.97. The Hall–Kier alpha value is -2.93. The molecule has 2 fully saturated rings. The second-order valence-corrected chi connectivity index (χ2v) is 10.2. The van der Waals surface area contributed by atoms with Gasteiger partial charge in [0.2, 0.25) is 12.3 Å². The van der Waals surface area contributed by atoms with Crippen LogP contribution in [0, 0.1) is 23.2 Å². The first-order valence-corrected chi connectivity index (χ1v) is 13.0. The number of fused-ring (bicyclic) bond motifs is 1. The summed E-state index contributed by atoms with van der Waals surface area (Å²) in [7, 11) is 0. The number of thioether (sulfide) groups is 1. The number of hydrogen-bond donors (Lipinski definition) is 1. The van der Waals surface area contributed by atoms with E-state index in [0.29, 0.717) is 40.4 Å². The van der Waals surface area contributed by atoms with E-state index in [-0.39, 0.29) is 30.8 Å². The number of benzene rings is 1. The van der Waals surface area contributed by atoms with Crippen molar-refractivity contribution in [3.05, 3.63) is 36.0 Å². The second kappa shape index (κ2) is 10.8. The summed E-state index contributed by atoms with van der Waals surface area (Å²) in [5, 5.41) is 12.5. The van der Waals surface area contributed by atoms with Crippen molar-refractivity contribution in [2.45, 2.75) is 45.2 Å². The molecule has 4 atom stereocenters. The fraction of sp³-hybridized carbons (Fsp3) is 0.520. The summed E-state index contributed by atoms with van der Waals surface area (Å²) >= 11 is 1.51. The van der Waals surface area contributed by atoms with E-state index >= 15 is 0 Å². The van der Waals surface area contributed by atoms with Crippen LogP contribution >= 0.6 is 11.8 Å². The lowest BCUT2D eigenvalue weighted by Gasteiger charge is -2.52. The molecule has 1 N–H and O–H groups in total. The van der Waals surface area contributed by atoms with Gasteiger partial charge in [0.25, 0.3) is 5.91 Å². The zero-order valence-corrected chi connectivity index (χ0v) is 20.6. The molecule has 0 spiro atoms. The van der Waals surface area contributed by atoms with Gasteiger partial charge >= 0.3 is 0 Å². The maximum atomic E-state index is 13.2. The summed E-state index contributed by atoms with van der Waals surface area (Å²) in [5.41, 5.74) is 1.90. The van der Waals surface area contributed by atoms with E-state index < -0.39 is 18.4 Å². The number of nitrogens with zero attached hydrogens (tertiary/aromatic N) is 4. The van der Waals surface area contributed by atoms with Crippen LogP contribution in [0.4, 0.5) is 14.5 Å². The Bertz CT molecular complexity index is 1140. The average molecular weight is 502 g/mol. The maximum absolute atomic E-state index is 13.2. The van der Waals surface area contributed by atoms with Gasteiger partial charge in [0, 0.05) is 42.0 Å². The molecule has 1 aromatic heterocycles. The summed E-state index contributed by atoms with van der Waals surface area (Å²) in [6.45, 7) is 4.60. The molecular formula is C25H29F2N5O2S. The standard InChI is InChI=1S/C25H29F2N5O2S/c1-3-16(8-22(26)27)24-15(2)12-31(24)17-4-5-21-20(9-17)19(6-7-29-21)25(34)30-11-23(33)32-14-35-13-18(32)10-28/h4-7,9,15-16,18,22,24H,3,8,11-14H2,1-2H3,(H,30,34)/t15?,16?,18?,24-/m0/s1.